The number of methoxy groups -OCH3 is 1. The first-order valence-corrected chi connectivity index (χ1v) is 13.5. The molecule has 0 spiro atoms. The van der Waals surface area contributed by atoms with Gasteiger partial charge >= 0.3 is 6.18 Å². The number of carbonyl (C=O) groups excluding carboxylic acids is 1. The zero-order chi connectivity index (χ0) is 30.0. The van der Waals surface area contributed by atoms with Gasteiger partial charge in [0, 0.05) is 31.3 Å². The molecule has 1 aliphatic rings. The average Bonchev–Trinajstić information content (AvgIpc) is 3.06. The Balaban J connectivity index is 1.69. The molecule has 0 fully saturated rings. The smallest absolute Gasteiger partial charge is 0.406 e. The van der Waals surface area contributed by atoms with Crippen LogP contribution in [0.4, 0.5) is 23.2 Å². The molecule has 1 atom stereocenters. The van der Waals surface area contributed by atoms with E-state index in [9.17, 15) is 22.4 Å². The molecule has 0 bridgehead atoms. The minimum atomic E-state index is -4.63. The Morgan fingerprint density at radius 2 is 2.02 bits per heavy atom. The molecular weight excluding hydrogens is 534 g/mol. The van der Waals surface area contributed by atoms with E-state index in [0.717, 1.165) is 24.1 Å². The number of allylic oxidation sites excluding steroid dienone is 4. The number of hydrogen-bond donors (Lipinski definition) is 1. The topological polar surface area (TPSA) is 44.8 Å². The van der Waals surface area contributed by atoms with E-state index in [2.05, 4.69) is 35.9 Å². The molecule has 41 heavy (non-hydrogen) atoms. The van der Waals surface area contributed by atoms with Crippen molar-refractivity contribution in [2.24, 2.45) is 0 Å². The summed E-state index contributed by atoms with van der Waals surface area (Å²) >= 11 is 0. The number of fused-ring (bicyclic) bond motifs is 1. The first-order chi connectivity index (χ1) is 19.6. The number of benzene rings is 2. The van der Waals surface area contributed by atoms with Crippen molar-refractivity contribution in [1.29, 1.82) is 0 Å². The molecule has 1 aliphatic heterocycles. The quantitative estimate of drug-likeness (QED) is 0.173. The van der Waals surface area contributed by atoms with Crippen LogP contribution in [0.3, 0.4) is 0 Å². The third-order valence-corrected chi connectivity index (χ3v) is 6.96. The fourth-order valence-corrected chi connectivity index (χ4v) is 4.66. The molecule has 9 heteroatoms. The molecule has 1 amide bonds. The summed E-state index contributed by atoms with van der Waals surface area (Å²) in [6.07, 6.45) is 8.32. The van der Waals surface area contributed by atoms with Crippen LogP contribution in [0.25, 0.3) is 6.08 Å². The highest BCUT2D eigenvalue weighted by Crippen LogP contribution is 2.32. The number of anilines is 1. The normalized spacial score (nSPS) is 16.2. The highest BCUT2D eigenvalue weighted by molar-refractivity contribution is 5.98. The van der Waals surface area contributed by atoms with Crippen LogP contribution >= 0.6 is 0 Å². The summed E-state index contributed by atoms with van der Waals surface area (Å²) in [5, 5.41) is 2.93. The Morgan fingerprint density at radius 1 is 1.24 bits per heavy atom. The number of ether oxygens (including phenoxy) is 1. The second kappa shape index (κ2) is 14.6. The van der Waals surface area contributed by atoms with Gasteiger partial charge in [-0.1, -0.05) is 43.0 Å². The standard InChI is InChI=1S/C32H37F4N3O2/c1-5-10-25(38(3)6-2)12-8-7-11-24-16-15-23(21-30(24)41-4)19-20-37-28-18-17-26-27(33)13-9-14-29(26)39(31(28)40)22-32(34,35)36/h5,7-10,13-16,19-21,28,37H,1,6,11-12,17-18,22H2,2-4H3/b8-7-,20-19+,25-10+. The van der Waals surface area contributed by atoms with Crippen molar-refractivity contribution >= 4 is 17.7 Å². The summed E-state index contributed by atoms with van der Waals surface area (Å²) in [4.78, 5) is 15.9. The number of rotatable bonds is 12. The van der Waals surface area contributed by atoms with Gasteiger partial charge in [-0.2, -0.15) is 13.2 Å². The van der Waals surface area contributed by atoms with Gasteiger partial charge in [0.15, 0.2) is 0 Å². The summed E-state index contributed by atoms with van der Waals surface area (Å²) in [6.45, 7) is 5.28. The summed E-state index contributed by atoms with van der Waals surface area (Å²) in [5.41, 5.74) is 3.01. The number of carbonyl (C=O) groups is 1. The Hall–Kier alpha value is -4.01. The number of nitrogens with zero attached hydrogens (tertiary/aromatic N) is 2. The lowest BCUT2D eigenvalue weighted by atomic mass is 10.1. The minimum Gasteiger partial charge on any atom is -0.496 e. The summed E-state index contributed by atoms with van der Waals surface area (Å²) in [6, 6.07) is 8.61. The first-order valence-electron chi connectivity index (χ1n) is 13.5. The molecule has 3 rings (SSSR count). The lowest BCUT2D eigenvalue weighted by molar-refractivity contribution is -0.133. The third kappa shape index (κ3) is 8.74. The van der Waals surface area contributed by atoms with Gasteiger partial charge in [0.2, 0.25) is 5.91 Å². The molecule has 220 valence electrons. The zero-order valence-electron chi connectivity index (χ0n) is 23.7. The minimum absolute atomic E-state index is 0.0414. The fourth-order valence-electron chi connectivity index (χ4n) is 4.66. The molecule has 0 saturated carbocycles. The molecule has 0 radical (unpaired) electrons. The van der Waals surface area contributed by atoms with Gasteiger partial charge < -0.3 is 19.9 Å². The van der Waals surface area contributed by atoms with Gasteiger partial charge in [-0.05, 0) is 73.9 Å². The number of amides is 1. The predicted molar refractivity (Wildman–Crippen MR) is 156 cm³/mol. The summed E-state index contributed by atoms with van der Waals surface area (Å²) in [7, 11) is 3.63. The van der Waals surface area contributed by atoms with Gasteiger partial charge in [-0.3, -0.25) is 4.79 Å². The van der Waals surface area contributed by atoms with E-state index in [1.54, 1.807) is 19.3 Å². The number of nitrogens with one attached hydrogen (secondary N) is 1. The fraction of sp³-hybridized carbons (Fsp3) is 0.344. The Kier molecular flexibility index (Phi) is 11.2. The van der Waals surface area contributed by atoms with Gasteiger partial charge in [-0.25, -0.2) is 4.39 Å². The molecule has 1 unspecified atom stereocenters. The van der Waals surface area contributed by atoms with E-state index in [4.69, 9.17) is 4.74 Å². The summed E-state index contributed by atoms with van der Waals surface area (Å²) in [5.74, 6) is -0.688. The third-order valence-electron chi connectivity index (χ3n) is 6.96. The van der Waals surface area contributed by atoms with Crippen molar-refractivity contribution in [1.82, 2.24) is 10.2 Å². The van der Waals surface area contributed by atoms with Crippen LogP contribution in [0.15, 0.2) is 79.2 Å². The average molecular weight is 572 g/mol. The molecule has 0 aliphatic carbocycles. The highest BCUT2D eigenvalue weighted by atomic mass is 19.4. The van der Waals surface area contributed by atoms with E-state index in [1.165, 1.54) is 30.1 Å². The van der Waals surface area contributed by atoms with E-state index < -0.39 is 30.5 Å². The number of alkyl halides is 3. The predicted octanol–water partition coefficient (Wildman–Crippen LogP) is 6.82. The van der Waals surface area contributed by atoms with Crippen molar-refractivity contribution in [2.75, 3.05) is 32.1 Å². The van der Waals surface area contributed by atoms with Crippen LogP contribution in [-0.2, 0) is 17.6 Å². The van der Waals surface area contributed by atoms with Crippen molar-refractivity contribution in [3.63, 3.8) is 0 Å². The van der Waals surface area contributed by atoms with Gasteiger partial charge in [0.25, 0.3) is 0 Å². The van der Waals surface area contributed by atoms with E-state index in [0.29, 0.717) is 17.1 Å². The maximum absolute atomic E-state index is 14.4. The van der Waals surface area contributed by atoms with Crippen LogP contribution in [0.5, 0.6) is 5.75 Å². The van der Waals surface area contributed by atoms with E-state index in [-0.39, 0.29) is 24.1 Å². The van der Waals surface area contributed by atoms with Crippen LogP contribution in [-0.4, -0.2) is 50.3 Å². The largest absolute Gasteiger partial charge is 0.496 e. The second-order valence-corrected chi connectivity index (χ2v) is 9.73. The van der Waals surface area contributed by atoms with Crippen molar-refractivity contribution in [3.05, 3.63) is 102 Å². The maximum Gasteiger partial charge on any atom is 0.406 e. The van der Waals surface area contributed by atoms with Gasteiger partial charge in [0.05, 0.1) is 12.8 Å². The first kappa shape index (κ1) is 31.5. The molecule has 1 heterocycles. The zero-order valence-corrected chi connectivity index (χ0v) is 23.7. The van der Waals surface area contributed by atoms with Crippen molar-refractivity contribution in [2.45, 2.75) is 44.8 Å². The molecule has 5 nitrogen and oxygen atoms in total. The van der Waals surface area contributed by atoms with Crippen LogP contribution in [0.1, 0.15) is 36.5 Å². The molecule has 0 aromatic heterocycles. The SMILES string of the molecule is C=C/C=C(\C/C=C\Cc1ccc(/C=C/NC2CCc3c(F)cccc3N(CC(F)(F)F)C2=O)cc1OC)N(C)CC. The molecule has 2 aromatic rings. The van der Waals surface area contributed by atoms with Crippen LogP contribution < -0.4 is 15.0 Å². The lowest BCUT2D eigenvalue weighted by Crippen LogP contribution is -2.47. The van der Waals surface area contributed by atoms with Crippen LogP contribution in [0.2, 0.25) is 0 Å². The van der Waals surface area contributed by atoms with E-state index in [1.807, 2.05) is 31.3 Å². The molecule has 0 saturated heterocycles. The number of halogens is 4. The summed E-state index contributed by atoms with van der Waals surface area (Å²) < 4.78 is 59.9. The maximum atomic E-state index is 14.4. The van der Waals surface area contributed by atoms with Gasteiger partial charge in [0.1, 0.15) is 24.2 Å². The highest BCUT2D eigenvalue weighted by Gasteiger charge is 2.39. The number of hydrogen-bond acceptors (Lipinski definition) is 4. The van der Waals surface area contributed by atoms with Crippen molar-refractivity contribution in [3.8, 4) is 5.75 Å². The van der Waals surface area contributed by atoms with Gasteiger partial charge in [-0.15, -0.1) is 0 Å². The molecular formula is C32H37F4N3O2. The Morgan fingerprint density at radius 3 is 2.71 bits per heavy atom. The Bertz CT molecular complexity index is 1300. The Labute approximate surface area is 239 Å². The monoisotopic (exact) mass is 571 g/mol. The molecule has 1 N–H and O–H groups in total. The molecule has 2 aromatic carbocycles. The van der Waals surface area contributed by atoms with E-state index >= 15 is 0 Å². The lowest BCUT2D eigenvalue weighted by Gasteiger charge is -2.27. The second-order valence-electron chi connectivity index (χ2n) is 9.73. The van der Waals surface area contributed by atoms with Crippen molar-refractivity contribution < 1.29 is 27.1 Å². The van der Waals surface area contributed by atoms with Crippen LogP contribution in [0, 0.1) is 5.82 Å².